The molecule has 1 N–H and O–H groups in total. The molecule has 1 saturated heterocycles. The Morgan fingerprint density at radius 3 is 2.71 bits per heavy atom. The van der Waals surface area contributed by atoms with Gasteiger partial charge in [0, 0.05) is 6.04 Å². The van der Waals surface area contributed by atoms with Crippen molar-refractivity contribution >= 4 is 0 Å². The topological polar surface area (TPSA) is 21.3 Å². The SMILES string of the molecule is CNC(C)CCCC1CCC2(CCCCC2)O1. The van der Waals surface area contributed by atoms with Gasteiger partial charge < -0.3 is 10.1 Å². The lowest BCUT2D eigenvalue weighted by Gasteiger charge is -2.33. The Kier molecular flexibility index (Phi) is 4.87. The van der Waals surface area contributed by atoms with Crippen LogP contribution >= 0.6 is 0 Å². The minimum absolute atomic E-state index is 0.317. The Bertz CT molecular complexity index is 223. The standard InChI is InChI=1S/C15H29NO/c1-13(16-2)7-6-8-14-9-12-15(17-14)10-4-3-5-11-15/h13-14,16H,3-12H2,1-2H3. The zero-order chi connectivity index (χ0) is 12.1. The molecular formula is C15H29NO. The van der Waals surface area contributed by atoms with Gasteiger partial charge in [-0.05, 0) is 58.9 Å². The second-order valence-corrected chi connectivity index (χ2v) is 6.14. The Morgan fingerprint density at radius 2 is 2.00 bits per heavy atom. The van der Waals surface area contributed by atoms with E-state index in [1.807, 2.05) is 7.05 Å². The molecule has 0 radical (unpaired) electrons. The van der Waals surface area contributed by atoms with Crippen LogP contribution in [0.5, 0.6) is 0 Å². The minimum Gasteiger partial charge on any atom is -0.372 e. The van der Waals surface area contributed by atoms with E-state index in [0.29, 0.717) is 17.7 Å². The van der Waals surface area contributed by atoms with Gasteiger partial charge in [0.15, 0.2) is 0 Å². The second-order valence-electron chi connectivity index (χ2n) is 6.14. The van der Waals surface area contributed by atoms with Crippen molar-refractivity contribution in [2.45, 2.75) is 88.9 Å². The molecule has 0 aromatic carbocycles. The third kappa shape index (κ3) is 3.69. The number of nitrogens with one attached hydrogen (secondary N) is 1. The molecule has 2 rings (SSSR count). The molecule has 2 aliphatic rings. The lowest BCUT2D eigenvalue weighted by Crippen LogP contribution is -2.31. The summed E-state index contributed by atoms with van der Waals surface area (Å²) in [7, 11) is 2.05. The molecular weight excluding hydrogens is 210 g/mol. The first kappa shape index (κ1) is 13.4. The summed E-state index contributed by atoms with van der Waals surface area (Å²) >= 11 is 0. The van der Waals surface area contributed by atoms with Gasteiger partial charge >= 0.3 is 0 Å². The van der Waals surface area contributed by atoms with E-state index in [1.165, 1.54) is 64.2 Å². The van der Waals surface area contributed by atoms with E-state index in [-0.39, 0.29) is 0 Å². The van der Waals surface area contributed by atoms with Gasteiger partial charge in [-0.1, -0.05) is 19.3 Å². The summed E-state index contributed by atoms with van der Waals surface area (Å²) in [5.74, 6) is 0. The fourth-order valence-electron chi connectivity index (χ4n) is 3.46. The summed E-state index contributed by atoms with van der Waals surface area (Å²) in [5, 5.41) is 3.31. The van der Waals surface area contributed by atoms with Crippen molar-refractivity contribution < 1.29 is 4.74 Å². The van der Waals surface area contributed by atoms with Gasteiger partial charge in [-0.2, -0.15) is 0 Å². The molecule has 100 valence electrons. The van der Waals surface area contributed by atoms with Crippen molar-refractivity contribution in [3.05, 3.63) is 0 Å². The first-order valence-corrected chi connectivity index (χ1v) is 7.59. The summed E-state index contributed by atoms with van der Waals surface area (Å²) in [4.78, 5) is 0. The summed E-state index contributed by atoms with van der Waals surface area (Å²) in [5.41, 5.74) is 0.317. The molecule has 1 saturated carbocycles. The highest BCUT2D eigenvalue weighted by atomic mass is 16.5. The fraction of sp³-hybridized carbons (Fsp3) is 1.00. The van der Waals surface area contributed by atoms with E-state index in [0.717, 1.165) is 0 Å². The Labute approximate surface area is 107 Å². The normalized spacial score (nSPS) is 29.6. The van der Waals surface area contributed by atoms with E-state index in [4.69, 9.17) is 4.74 Å². The van der Waals surface area contributed by atoms with Crippen molar-refractivity contribution in [3.8, 4) is 0 Å². The van der Waals surface area contributed by atoms with Crippen LogP contribution < -0.4 is 5.32 Å². The molecule has 1 aliphatic carbocycles. The highest BCUT2D eigenvalue weighted by Gasteiger charge is 2.40. The average Bonchev–Trinajstić information content (AvgIpc) is 2.73. The van der Waals surface area contributed by atoms with Crippen LogP contribution in [0.3, 0.4) is 0 Å². The molecule has 1 heterocycles. The van der Waals surface area contributed by atoms with Crippen LogP contribution in [0, 0.1) is 0 Å². The van der Waals surface area contributed by atoms with Crippen LogP contribution in [0.2, 0.25) is 0 Å². The van der Waals surface area contributed by atoms with E-state index in [2.05, 4.69) is 12.2 Å². The highest BCUT2D eigenvalue weighted by Crippen LogP contribution is 2.42. The number of hydrogen-bond acceptors (Lipinski definition) is 2. The van der Waals surface area contributed by atoms with Crippen molar-refractivity contribution in [1.29, 1.82) is 0 Å². The molecule has 2 heteroatoms. The Balaban J connectivity index is 1.67. The Hall–Kier alpha value is -0.0800. The molecule has 0 aromatic rings. The van der Waals surface area contributed by atoms with Crippen molar-refractivity contribution in [2.24, 2.45) is 0 Å². The van der Waals surface area contributed by atoms with Crippen LogP contribution in [0.4, 0.5) is 0 Å². The molecule has 0 amide bonds. The van der Waals surface area contributed by atoms with Crippen LogP contribution in [0.1, 0.15) is 71.1 Å². The Morgan fingerprint density at radius 1 is 1.24 bits per heavy atom. The van der Waals surface area contributed by atoms with E-state index in [1.54, 1.807) is 0 Å². The van der Waals surface area contributed by atoms with Gasteiger partial charge in [-0.25, -0.2) is 0 Å². The maximum atomic E-state index is 6.38. The summed E-state index contributed by atoms with van der Waals surface area (Å²) in [6, 6.07) is 0.653. The van der Waals surface area contributed by atoms with Gasteiger partial charge in [0.1, 0.15) is 0 Å². The third-order valence-electron chi connectivity index (χ3n) is 4.76. The average molecular weight is 239 g/mol. The maximum Gasteiger partial charge on any atom is 0.0687 e. The molecule has 1 aliphatic heterocycles. The quantitative estimate of drug-likeness (QED) is 0.791. The van der Waals surface area contributed by atoms with E-state index in [9.17, 15) is 0 Å². The van der Waals surface area contributed by atoms with E-state index >= 15 is 0 Å². The predicted octanol–water partition coefficient (Wildman–Crippen LogP) is 3.65. The monoisotopic (exact) mass is 239 g/mol. The minimum atomic E-state index is 0.317. The second kappa shape index (κ2) is 6.19. The number of hydrogen-bond donors (Lipinski definition) is 1. The molecule has 17 heavy (non-hydrogen) atoms. The predicted molar refractivity (Wildman–Crippen MR) is 72.3 cm³/mol. The van der Waals surface area contributed by atoms with Crippen molar-refractivity contribution in [3.63, 3.8) is 0 Å². The van der Waals surface area contributed by atoms with Gasteiger partial charge in [0.25, 0.3) is 0 Å². The third-order valence-corrected chi connectivity index (χ3v) is 4.76. The van der Waals surface area contributed by atoms with Gasteiger partial charge in [0.2, 0.25) is 0 Å². The number of ether oxygens (including phenoxy) is 1. The van der Waals surface area contributed by atoms with Gasteiger partial charge in [-0.3, -0.25) is 0 Å². The first-order chi connectivity index (χ1) is 8.24. The largest absolute Gasteiger partial charge is 0.372 e. The van der Waals surface area contributed by atoms with Crippen LogP contribution in [-0.4, -0.2) is 24.8 Å². The fourth-order valence-corrected chi connectivity index (χ4v) is 3.46. The lowest BCUT2D eigenvalue weighted by atomic mass is 9.83. The molecule has 0 aromatic heterocycles. The zero-order valence-corrected chi connectivity index (χ0v) is 11.6. The molecule has 2 fully saturated rings. The van der Waals surface area contributed by atoms with Crippen molar-refractivity contribution in [2.75, 3.05) is 7.05 Å². The molecule has 1 spiro atoms. The van der Waals surface area contributed by atoms with Crippen LogP contribution in [0.15, 0.2) is 0 Å². The summed E-state index contributed by atoms with van der Waals surface area (Å²) in [6.45, 7) is 2.26. The smallest absolute Gasteiger partial charge is 0.0687 e. The van der Waals surface area contributed by atoms with Gasteiger partial charge in [0.05, 0.1) is 11.7 Å². The zero-order valence-electron chi connectivity index (χ0n) is 11.6. The molecule has 2 nitrogen and oxygen atoms in total. The highest BCUT2D eigenvalue weighted by molar-refractivity contribution is 4.91. The van der Waals surface area contributed by atoms with Gasteiger partial charge in [-0.15, -0.1) is 0 Å². The summed E-state index contributed by atoms with van der Waals surface area (Å²) < 4.78 is 6.38. The number of rotatable bonds is 5. The molecule has 2 unspecified atom stereocenters. The van der Waals surface area contributed by atoms with Crippen molar-refractivity contribution in [1.82, 2.24) is 5.32 Å². The molecule has 0 bridgehead atoms. The molecule has 2 atom stereocenters. The maximum absolute atomic E-state index is 6.38. The van der Waals surface area contributed by atoms with Crippen LogP contribution in [-0.2, 0) is 4.74 Å². The van der Waals surface area contributed by atoms with E-state index < -0.39 is 0 Å². The van der Waals surface area contributed by atoms with Crippen LogP contribution in [0.25, 0.3) is 0 Å². The lowest BCUT2D eigenvalue weighted by molar-refractivity contribution is -0.0661. The first-order valence-electron chi connectivity index (χ1n) is 7.59. The summed E-state index contributed by atoms with van der Waals surface area (Å²) in [6.07, 6.45) is 13.9.